The Labute approximate surface area is 843 Å². The van der Waals surface area contributed by atoms with Crippen molar-refractivity contribution in [2.45, 2.75) is 257 Å². The second kappa shape index (κ2) is 62.4. The number of ketones is 7. The van der Waals surface area contributed by atoms with Crippen LogP contribution >= 0.6 is 0 Å². The Kier molecular flexibility index (Phi) is 54.0. The Morgan fingerprint density at radius 1 is 0.273 bits per heavy atom. The van der Waals surface area contributed by atoms with Crippen LogP contribution in [0.5, 0.6) is 0 Å². The smallest absolute Gasteiger partial charge is 0.381 e. The number of urea groups is 7. The van der Waals surface area contributed by atoms with Crippen LogP contribution in [0.1, 0.15) is 226 Å². The number of carbonyl (C=O) groups excluding carboxylic acids is 14. The van der Waals surface area contributed by atoms with Gasteiger partial charge >= 0.3 is 54.6 Å². The minimum absolute atomic E-state index is 0.0379. The first-order valence-corrected chi connectivity index (χ1v) is 51.5. The minimum Gasteiger partial charge on any atom is -0.381 e. The molecule has 9 heterocycles. The Bertz CT molecular complexity index is 4100. The molecule has 2 aromatic carbocycles. The predicted molar refractivity (Wildman–Crippen MR) is 533 cm³/mol. The number of carbonyl (C=O) groups is 14. The molecule has 9 aliphatic heterocycles. The topological polar surface area (TPSA) is 389 Å². The summed E-state index contributed by atoms with van der Waals surface area (Å²) in [5, 5.41) is 19.9. The normalized spacial score (nSPS) is 18.7. The molecule has 9 aliphatic rings. The molecule has 40 heteroatoms. The number of benzene rings is 2. The van der Waals surface area contributed by atoms with Crippen molar-refractivity contribution in [2.24, 2.45) is 71.0 Å². The van der Waals surface area contributed by atoms with Crippen LogP contribution < -0.4 is 37.2 Å². The van der Waals surface area contributed by atoms with Gasteiger partial charge in [-0.3, -0.25) is 53.2 Å². The summed E-state index contributed by atoms with van der Waals surface area (Å²) in [5.41, 5.74) is 1.54. The molecule has 0 radical (unpaired) electrons. The quantitative estimate of drug-likeness (QED) is 0.0357. The zero-order valence-electron chi connectivity index (χ0n) is 88.3. The third kappa shape index (κ3) is 43.5. The van der Waals surface area contributed by atoms with Crippen LogP contribution in [-0.2, 0) is 52.5 Å². The van der Waals surface area contributed by atoms with E-state index < -0.39 is 61.7 Å². The van der Waals surface area contributed by atoms with Gasteiger partial charge in [0, 0.05) is 173 Å². The molecule has 2 aromatic rings. The number of alkyl halides is 6. The minimum atomic E-state index is -4.24. The fourth-order valence-corrected chi connectivity index (χ4v) is 17.2. The van der Waals surface area contributed by atoms with Gasteiger partial charge in [-0.25, -0.2) is 33.6 Å². The first kappa shape index (κ1) is 124. The molecular weight excluding hydrogens is 1860 g/mol. The van der Waals surface area contributed by atoms with Crippen molar-refractivity contribution in [1.82, 2.24) is 81.3 Å². The summed E-state index contributed by atoms with van der Waals surface area (Å²) >= 11 is 0. The summed E-state index contributed by atoms with van der Waals surface area (Å²) < 4.78 is 95.4. The number of Topliss-reactive ketones (excluding diaryl/α,β-unsaturated/α-hetero) is 7. The van der Waals surface area contributed by atoms with Crippen LogP contribution in [0.4, 0.5) is 59.9 Å². The van der Waals surface area contributed by atoms with Crippen molar-refractivity contribution in [2.75, 3.05) is 171 Å². The molecule has 0 saturated carbocycles. The number of rotatable bonds is 30. The average Bonchev–Trinajstić information content (AvgIpc) is 1.23. The van der Waals surface area contributed by atoms with E-state index in [-0.39, 0.29) is 212 Å². The van der Waals surface area contributed by atoms with E-state index in [0.29, 0.717) is 71.8 Å². The molecule has 9 saturated heterocycles. The molecule has 0 unspecified atom stereocenters. The van der Waals surface area contributed by atoms with Gasteiger partial charge in [0.15, 0.2) is 40.5 Å². The number of ether oxygens (including phenoxy) is 4. The lowest BCUT2D eigenvalue weighted by molar-refractivity contribution is -0.149. The number of piperazine rings is 2. The van der Waals surface area contributed by atoms with Gasteiger partial charge in [0.05, 0.1) is 56.5 Å². The van der Waals surface area contributed by atoms with Crippen LogP contribution in [0.2, 0.25) is 0 Å². The van der Waals surface area contributed by atoms with E-state index in [0.717, 1.165) is 109 Å². The second-order valence-electron chi connectivity index (χ2n) is 41.2. The Morgan fingerprint density at radius 3 is 0.734 bits per heavy atom. The molecule has 9 fully saturated rings. The zero-order valence-corrected chi connectivity index (χ0v) is 88.3. The average molecular weight is 2030 g/mol. The van der Waals surface area contributed by atoms with Crippen LogP contribution in [0.3, 0.4) is 0 Å². The largest absolute Gasteiger partial charge is 0.401 e. The molecule has 143 heavy (non-hydrogen) atoms. The van der Waals surface area contributed by atoms with E-state index >= 15 is 0 Å². The third-order valence-corrected chi connectivity index (χ3v) is 26.1. The van der Waals surface area contributed by atoms with E-state index in [1.807, 2.05) is 152 Å². The van der Waals surface area contributed by atoms with E-state index in [1.54, 1.807) is 71.6 Å². The highest BCUT2D eigenvalue weighted by Crippen LogP contribution is 2.29. The van der Waals surface area contributed by atoms with Gasteiger partial charge < -0.3 is 80.7 Å². The lowest BCUT2D eigenvalue weighted by atomic mass is 9.85. The van der Waals surface area contributed by atoms with Crippen molar-refractivity contribution in [3.05, 3.63) is 71.8 Å². The van der Waals surface area contributed by atoms with Gasteiger partial charge in [0.2, 0.25) is 0 Å². The Morgan fingerprint density at radius 2 is 0.503 bits per heavy atom. The SMILES string of the molecule is CC(C)C(=O)[C@@H](NC(=O)N1CCCC1)C(C)C.CC(C)C(=O)[C@@H](NC(=O)N1CCCC1)C1CCOCC1.CC(C)C(=O)[C@@H](NC(=O)N1CCN(CC(F)(F)F)CC1)C(C)C.CC(C)C(=O)[C@@H](NC(=O)N1CCOC1)C(C)C.CC(C)C(=O)[C@@H](NC(=O)N1CCOC1)C1CCOCC1.CC(C)C(=O)[C@H](NC(=O)N1CCCC1)c1ccccc1.CC(C)C(=O)[C@H](NC(=O)N1CCN(CC(F)(F)F)CC1)c1ccccc1. The molecule has 0 aromatic heterocycles. The maximum Gasteiger partial charge on any atom is 0.401 e. The number of hydrogen-bond acceptors (Lipinski definition) is 20. The van der Waals surface area contributed by atoms with E-state index in [1.165, 1.54) is 19.6 Å². The molecule has 14 amide bonds. The van der Waals surface area contributed by atoms with E-state index in [4.69, 9.17) is 18.9 Å². The van der Waals surface area contributed by atoms with Gasteiger partial charge in [0.1, 0.15) is 25.5 Å². The molecule has 0 aliphatic carbocycles. The van der Waals surface area contributed by atoms with Crippen LogP contribution in [0.15, 0.2) is 60.7 Å². The predicted octanol–water partition coefficient (Wildman–Crippen LogP) is 13.8. The summed E-state index contributed by atoms with van der Waals surface area (Å²) in [6, 6.07) is 13.4. The fourth-order valence-electron chi connectivity index (χ4n) is 17.2. The summed E-state index contributed by atoms with van der Waals surface area (Å²) in [4.78, 5) is 185. The summed E-state index contributed by atoms with van der Waals surface area (Å²) in [7, 11) is 0. The number of likely N-dealkylation sites (tertiary alicyclic amines) is 3. The number of halogens is 6. The number of nitrogens with one attached hydrogen (secondary N) is 7. The molecule has 34 nitrogen and oxygen atoms in total. The first-order valence-electron chi connectivity index (χ1n) is 51.5. The highest BCUT2D eigenvalue weighted by atomic mass is 19.4. The number of nitrogens with zero attached hydrogens (tertiary/aromatic N) is 9. The lowest BCUT2D eigenvalue weighted by Crippen LogP contribution is -2.56. The molecule has 810 valence electrons. The number of hydrogen-bond donors (Lipinski definition) is 7. The van der Waals surface area contributed by atoms with Crippen molar-refractivity contribution >= 4 is 82.7 Å². The van der Waals surface area contributed by atoms with Crippen LogP contribution in [0, 0.1) is 71.0 Å². The van der Waals surface area contributed by atoms with E-state index in [2.05, 4.69) is 37.2 Å². The van der Waals surface area contributed by atoms with Crippen molar-refractivity contribution in [3.63, 3.8) is 0 Å². The maximum absolute atomic E-state index is 12.5. The summed E-state index contributed by atoms with van der Waals surface area (Å²) in [6.07, 6.45) is 1.22. The van der Waals surface area contributed by atoms with Gasteiger partial charge in [-0.1, -0.05) is 199 Å². The third-order valence-electron chi connectivity index (χ3n) is 26.1. The van der Waals surface area contributed by atoms with Crippen molar-refractivity contribution < 1.29 is 112 Å². The zero-order chi connectivity index (χ0) is 107. The standard InChI is InChI=1S/C18H24F3N3O2.C16H22N2O2.C15H26F3N3O2.C15H26N2O3.C14H24N2O4.C13H24N2O2.C12H22N2O3/c1-13(2)16(25)15(14-6-4-3-5-7-14)22-17(26)24-10-8-23(9-11-24)12-18(19,20)21;1-12(2)15(19)14(13-8-4-3-5-9-13)17-16(20)18-10-6-7-11-18;1-10(2)12(13(22)11(3)4)19-14(23)21-7-5-20(6-8-21)9-15(16,17)18;1-11(2)14(18)13(12-5-9-20-10-6-12)16-15(19)17-7-3-4-8-17;1-10(2)13(17)12(11-3-6-19-7-4-11)15-14(18)16-5-8-20-9-16;1-9(2)11(12(16)10(3)4)14-13(17)15-7-5-6-8-15;1-8(2)10(11(15)9(3)4)13-12(16)14-5-6-17-7-14/h3-7,13,15H,8-12H2,1-2H3,(H,22,26);3-5,8-9,12,14H,6-7,10-11H2,1-2H3,(H,17,20);10-12H,5-9H2,1-4H3,(H,19,23);11-13H,3-10H2,1-2H3,(H,16,19);10-12H,3-9H2,1-2H3,(H,15,18);9-11H,5-8H2,1-4H3,(H,14,17);8-10H,5-7H2,1-4H3,(H,13,16)/t15-;14-;12-;13-;12-;11-;10-/m1100000/s1. The highest BCUT2D eigenvalue weighted by Gasteiger charge is 2.41. The Balaban J connectivity index is 0.000000295. The molecule has 0 bridgehead atoms. The molecule has 11 rings (SSSR count). The van der Waals surface area contributed by atoms with Gasteiger partial charge in [-0.15, -0.1) is 0 Å². The van der Waals surface area contributed by atoms with Crippen molar-refractivity contribution in [1.29, 1.82) is 0 Å². The lowest BCUT2D eigenvalue weighted by Gasteiger charge is -2.36. The first-order chi connectivity index (χ1) is 67.3. The fraction of sp³-hybridized carbons (Fsp3) is 0.748. The second-order valence-corrected chi connectivity index (χ2v) is 41.2. The van der Waals surface area contributed by atoms with Gasteiger partial charge in [-0.05, 0) is 105 Å². The van der Waals surface area contributed by atoms with Gasteiger partial charge in [0.25, 0.3) is 0 Å². The molecule has 7 atom stereocenters. The number of amides is 14. The maximum atomic E-state index is 12.5. The Hall–Kier alpha value is -9.64. The highest BCUT2D eigenvalue weighted by molar-refractivity contribution is 5.95. The molecule has 7 N–H and O–H groups in total. The van der Waals surface area contributed by atoms with Crippen LogP contribution in [-0.4, -0.2) is 340 Å². The van der Waals surface area contributed by atoms with Gasteiger partial charge in [-0.2, -0.15) is 26.3 Å². The molecule has 0 spiro atoms. The summed E-state index contributed by atoms with van der Waals surface area (Å²) in [6.45, 7) is 47.3. The monoisotopic (exact) mass is 2030 g/mol. The summed E-state index contributed by atoms with van der Waals surface area (Å²) in [5.74, 6) is 0.0995. The van der Waals surface area contributed by atoms with Crippen molar-refractivity contribution in [3.8, 4) is 0 Å². The van der Waals surface area contributed by atoms with Crippen LogP contribution in [0.25, 0.3) is 0 Å². The van der Waals surface area contributed by atoms with E-state index in [9.17, 15) is 93.5 Å². The molecular formula is C103H168F6N16O18.